The zero-order valence-electron chi connectivity index (χ0n) is 18.1. The highest BCUT2D eigenvalue weighted by molar-refractivity contribution is 6.37. The van der Waals surface area contributed by atoms with Gasteiger partial charge in [0.05, 0.1) is 29.1 Å². The molecule has 0 fully saturated rings. The molecule has 3 aromatic carbocycles. The Labute approximate surface area is 187 Å². The summed E-state index contributed by atoms with van der Waals surface area (Å²) in [5.41, 5.74) is 5.90. The third kappa shape index (κ3) is 4.40. The molecule has 0 spiro atoms. The maximum atomic E-state index is 13.0. The molecule has 1 aliphatic heterocycles. The van der Waals surface area contributed by atoms with E-state index in [1.165, 1.54) is 5.56 Å². The van der Waals surface area contributed by atoms with Gasteiger partial charge < -0.3 is 20.7 Å². The molecule has 1 amide bonds. The summed E-state index contributed by atoms with van der Waals surface area (Å²) in [7, 11) is 1.91. The lowest BCUT2D eigenvalue weighted by atomic mass is 9.99. The normalized spacial score (nSPS) is 13.9. The van der Waals surface area contributed by atoms with E-state index in [9.17, 15) is 9.59 Å². The third-order valence-corrected chi connectivity index (χ3v) is 5.19. The Kier molecular flexibility index (Phi) is 6.33. The molecule has 4 rings (SSSR count). The van der Waals surface area contributed by atoms with E-state index in [-0.39, 0.29) is 5.91 Å². The molecular weight excluding hydrogens is 402 g/mol. The van der Waals surface area contributed by atoms with Gasteiger partial charge in [-0.25, -0.2) is 4.79 Å². The van der Waals surface area contributed by atoms with Crippen LogP contribution >= 0.6 is 0 Å². The van der Waals surface area contributed by atoms with Crippen LogP contribution in [0.3, 0.4) is 0 Å². The summed E-state index contributed by atoms with van der Waals surface area (Å²) >= 11 is 0. The molecule has 0 saturated carbocycles. The van der Waals surface area contributed by atoms with Crippen LogP contribution in [0.4, 0.5) is 11.4 Å². The van der Waals surface area contributed by atoms with Crippen molar-refractivity contribution in [3.05, 3.63) is 95.1 Å². The monoisotopic (exact) mass is 427 g/mol. The number of hydrogen-bond acceptors (Lipinski definition) is 5. The van der Waals surface area contributed by atoms with Crippen molar-refractivity contribution < 1.29 is 14.3 Å². The van der Waals surface area contributed by atoms with Gasteiger partial charge in [-0.3, -0.25) is 4.79 Å². The SMILES string of the molecule is CCOC(=O)c1ccc2c(c1)NC(=O)C2=C(Nc1ccc(CNC)cc1)c1ccccc1. The predicted molar refractivity (Wildman–Crippen MR) is 127 cm³/mol. The maximum absolute atomic E-state index is 13.0. The highest BCUT2D eigenvalue weighted by Crippen LogP contribution is 2.38. The molecule has 32 heavy (non-hydrogen) atoms. The lowest BCUT2D eigenvalue weighted by Crippen LogP contribution is -2.10. The molecule has 0 aliphatic carbocycles. The summed E-state index contributed by atoms with van der Waals surface area (Å²) in [6.07, 6.45) is 0. The molecule has 0 unspecified atom stereocenters. The van der Waals surface area contributed by atoms with Crippen LogP contribution in [-0.4, -0.2) is 25.5 Å². The summed E-state index contributed by atoms with van der Waals surface area (Å²) in [5, 5.41) is 9.47. The largest absolute Gasteiger partial charge is 0.462 e. The molecule has 6 heteroatoms. The zero-order chi connectivity index (χ0) is 22.5. The van der Waals surface area contributed by atoms with Crippen LogP contribution in [0.2, 0.25) is 0 Å². The first kappa shape index (κ1) is 21.3. The van der Waals surface area contributed by atoms with Gasteiger partial charge in [-0.2, -0.15) is 0 Å². The van der Waals surface area contributed by atoms with Gasteiger partial charge in [-0.15, -0.1) is 0 Å². The summed E-state index contributed by atoms with van der Waals surface area (Å²) in [5.74, 6) is -0.635. The minimum absolute atomic E-state index is 0.223. The van der Waals surface area contributed by atoms with Crippen molar-refractivity contribution in [3.8, 4) is 0 Å². The van der Waals surface area contributed by atoms with Crippen molar-refractivity contribution in [2.75, 3.05) is 24.3 Å². The number of carbonyl (C=O) groups excluding carboxylic acids is 2. The Hall–Kier alpha value is -3.90. The molecule has 6 nitrogen and oxygen atoms in total. The Morgan fingerprint density at radius 1 is 0.969 bits per heavy atom. The lowest BCUT2D eigenvalue weighted by Gasteiger charge is -2.15. The van der Waals surface area contributed by atoms with Crippen molar-refractivity contribution >= 4 is 34.5 Å². The quantitative estimate of drug-likeness (QED) is 0.382. The second kappa shape index (κ2) is 9.49. The second-order valence-corrected chi connectivity index (χ2v) is 7.40. The first-order chi connectivity index (χ1) is 15.6. The number of benzene rings is 3. The van der Waals surface area contributed by atoms with Crippen molar-refractivity contribution in [1.82, 2.24) is 5.32 Å². The molecule has 3 aromatic rings. The van der Waals surface area contributed by atoms with Crippen molar-refractivity contribution in [2.24, 2.45) is 0 Å². The number of hydrogen-bond donors (Lipinski definition) is 3. The number of nitrogens with one attached hydrogen (secondary N) is 3. The average Bonchev–Trinajstić information content (AvgIpc) is 3.14. The molecule has 0 aromatic heterocycles. The van der Waals surface area contributed by atoms with Gasteiger partial charge in [0.25, 0.3) is 5.91 Å². The van der Waals surface area contributed by atoms with Gasteiger partial charge in [-0.05, 0) is 49.4 Å². The average molecular weight is 428 g/mol. The first-order valence-corrected chi connectivity index (χ1v) is 10.5. The first-order valence-electron chi connectivity index (χ1n) is 10.5. The van der Waals surface area contributed by atoms with E-state index in [1.54, 1.807) is 25.1 Å². The van der Waals surface area contributed by atoms with Crippen molar-refractivity contribution in [3.63, 3.8) is 0 Å². The number of fused-ring (bicyclic) bond motifs is 1. The van der Waals surface area contributed by atoms with Crippen LogP contribution in [-0.2, 0) is 16.1 Å². The predicted octanol–water partition coefficient (Wildman–Crippen LogP) is 4.52. The molecule has 0 atom stereocenters. The van der Waals surface area contributed by atoms with Gasteiger partial charge in [0, 0.05) is 17.8 Å². The molecular formula is C26H25N3O3. The Morgan fingerprint density at radius 2 is 1.72 bits per heavy atom. The molecule has 0 bridgehead atoms. The fourth-order valence-corrected chi connectivity index (χ4v) is 3.70. The van der Waals surface area contributed by atoms with Crippen LogP contribution in [0, 0.1) is 0 Å². The van der Waals surface area contributed by atoms with Gasteiger partial charge in [0.15, 0.2) is 0 Å². The van der Waals surface area contributed by atoms with Crippen LogP contribution < -0.4 is 16.0 Å². The Morgan fingerprint density at radius 3 is 2.41 bits per heavy atom. The minimum Gasteiger partial charge on any atom is -0.462 e. The van der Waals surface area contributed by atoms with E-state index in [0.717, 1.165) is 23.4 Å². The summed E-state index contributed by atoms with van der Waals surface area (Å²) < 4.78 is 5.08. The van der Waals surface area contributed by atoms with Gasteiger partial charge >= 0.3 is 5.97 Å². The Bertz CT molecular complexity index is 1170. The number of esters is 1. The van der Waals surface area contributed by atoms with E-state index >= 15 is 0 Å². The van der Waals surface area contributed by atoms with Crippen LogP contribution in [0.1, 0.15) is 34.0 Å². The zero-order valence-corrected chi connectivity index (χ0v) is 18.1. The van der Waals surface area contributed by atoms with Gasteiger partial charge in [0.2, 0.25) is 0 Å². The van der Waals surface area contributed by atoms with E-state index in [2.05, 4.69) is 16.0 Å². The number of carbonyl (C=O) groups is 2. The van der Waals surface area contributed by atoms with Crippen LogP contribution in [0.25, 0.3) is 11.3 Å². The number of anilines is 2. The van der Waals surface area contributed by atoms with E-state index in [0.29, 0.717) is 29.1 Å². The number of rotatable bonds is 7. The van der Waals surface area contributed by atoms with Gasteiger partial charge in [-0.1, -0.05) is 48.5 Å². The van der Waals surface area contributed by atoms with Gasteiger partial charge in [0.1, 0.15) is 0 Å². The number of amides is 1. The molecule has 3 N–H and O–H groups in total. The van der Waals surface area contributed by atoms with E-state index in [4.69, 9.17) is 4.74 Å². The number of ether oxygens (including phenoxy) is 1. The van der Waals surface area contributed by atoms with Crippen molar-refractivity contribution in [2.45, 2.75) is 13.5 Å². The fourth-order valence-electron chi connectivity index (χ4n) is 3.70. The molecule has 1 heterocycles. The van der Waals surface area contributed by atoms with E-state index < -0.39 is 5.97 Å². The summed E-state index contributed by atoms with van der Waals surface area (Å²) in [4.78, 5) is 25.2. The fraction of sp³-hybridized carbons (Fsp3) is 0.154. The summed E-state index contributed by atoms with van der Waals surface area (Å²) in [6, 6.07) is 22.9. The minimum atomic E-state index is -0.412. The summed E-state index contributed by atoms with van der Waals surface area (Å²) in [6.45, 7) is 2.84. The van der Waals surface area contributed by atoms with Crippen molar-refractivity contribution in [1.29, 1.82) is 0 Å². The highest BCUT2D eigenvalue weighted by atomic mass is 16.5. The van der Waals surface area contributed by atoms with Crippen LogP contribution in [0.5, 0.6) is 0 Å². The maximum Gasteiger partial charge on any atom is 0.338 e. The standard InChI is InChI=1S/C26H25N3O3/c1-3-32-26(31)19-11-14-21-22(15-19)29-25(30)23(21)24(18-7-5-4-6-8-18)28-20-12-9-17(10-13-20)16-27-2/h4-15,27-28H,3,16H2,1-2H3,(H,29,30). The lowest BCUT2D eigenvalue weighted by molar-refractivity contribution is -0.110. The Balaban J connectivity index is 1.78. The molecule has 0 saturated heterocycles. The highest BCUT2D eigenvalue weighted by Gasteiger charge is 2.29. The van der Waals surface area contributed by atoms with Crippen LogP contribution in [0.15, 0.2) is 72.8 Å². The smallest absolute Gasteiger partial charge is 0.338 e. The molecule has 1 aliphatic rings. The van der Waals surface area contributed by atoms with E-state index in [1.807, 2.05) is 61.6 Å². The topological polar surface area (TPSA) is 79.5 Å². The molecule has 0 radical (unpaired) electrons. The second-order valence-electron chi connectivity index (χ2n) is 7.40. The molecule has 162 valence electrons. The third-order valence-electron chi connectivity index (χ3n) is 5.19.